The zero-order valence-corrected chi connectivity index (χ0v) is 15.2. The third kappa shape index (κ3) is 3.36. The third-order valence-corrected chi connectivity index (χ3v) is 7.05. The second-order valence-corrected chi connectivity index (χ2v) is 8.42. The molecule has 1 aromatic carbocycles. The number of rotatable bonds is 6. The highest BCUT2D eigenvalue weighted by molar-refractivity contribution is 7.89. The summed E-state index contributed by atoms with van der Waals surface area (Å²) >= 11 is 0. The molecule has 2 fully saturated rings. The predicted octanol–water partition coefficient (Wildman–Crippen LogP) is 1.32. The average Bonchev–Trinajstić information content (AvgIpc) is 2.59. The van der Waals surface area contributed by atoms with Gasteiger partial charge in [-0.25, -0.2) is 8.42 Å². The molecule has 2 saturated heterocycles. The van der Waals surface area contributed by atoms with E-state index in [4.69, 9.17) is 9.47 Å². The fourth-order valence-electron chi connectivity index (χ4n) is 3.43. The number of hydrogen-bond acceptors (Lipinski definition) is 5. The quantitative estimate of drug-likeness (QED) is 0.771. The summed E-state index contributed by atoms with van der Waals surface area (Å²) < 4.78 is 38.3. The summed E-state index contributed by atoms with van der Waals surface area (Å²) in [6.45, 7) is 6.19. The van der Waals surface area contributed by atoms with Crippen LogP contribution in [0.25, 0.3) is 0 Å². The molecule has 3 rings (SSSR count). The van der Waals surface area contributed by atoms with Gasteiger partial charge in [-0.15, -0.1) is 0 Å². The maximum Gasteiger partial charge on any atom is 0.243 e. The van der Waals surface area contributed by atoms with Crippen molar-refractivity contribution in [2.45, 2.75) is 30.4 Å². The van der Waals surface area contributed by atoms with Crippen molar-refractivity contribution in [3.8, 4) is 0 Å². The highest BCUT2D eigenvalue weighted by Crippen LogP contribution is 2.31. The van der Waals surface area contributed by atoms with Crippen molar-refractivity contribution in [1.29, 1.82) is 0 Å². The maximum atomic E-state index is 13.0. The monoisotopic (exact) mass is 354 g/mol. The normalized spacial score (nSPS) is 22.2. The zero-order valence-electron chi connectivity index (χ0n) is 14.4. The summed E-state index contributed by atoms with van der Waals surface area (Å²) in [5.74, 6) is 0. The number of morpholine rings is 1. The number of hydrogen-bond donors (Lipinski definition) is 0. The van der Waals surface area contributed by atoms with Crippen LogP contribution in [0.5, 0.6) is 0 Å². The van der Waals surface area contributed by atoms with Crippen LogP contribution in [0.4, 0.5) is 0 Å². The summed E-state index contributed by atoms with van der Waals surface area (Å²) in [5, 5.41) is 0. The van der Waals surface area contributed by atoms with Crippen LogP contribution in [0.2, 0.25) is 0 Å². The zero-order chi connectivity index (χ0) is 17.2. The van der Waals surface area contributed by atoms with E-state index in [2.05, 4.69) is 11.8 Å². The molecule has 0 aliphatic carbocycles. The Morgan fingerprint density at radius 1 is 1.21 bits per heavy atom. The van der Waals surface area contributed by atoms with Crippen LogP contribution >= 0.6 is 0 Å². The molecule has 0 N–H and O–H groups in total. The van der Waals surface area contributed by atoms with E-state index in [0.717, 1.165) is 25.1 Å². The van der Waals surface area contributed by atoms with E-state index in [-0.39, 0.29) is 5.60 Å². The third-order valence-electron chi connectivity index (χ3n) is 5.06. The van der Waals surface area contributed by atoms with Crippen LogP contribution in [-0.4, -0.2) is 69.7 Å². The van der Waals surface area contributed by atoms with Gasteiger partial charge in [0.1, 0.15) is 0 Å². The van der Waals surface area contributed by atoms with E-state index >= 15 is 0 Å². The van der Waals surface area contributed by atoms with Gasteiger partial charge in [0.25, 0.3) is 0 Å². The van der Waals surface area contributed by atoms with Crippen LogP contribution in [0, 0.1) is 0 Å². The van der Waals surface area contributed by atoms with E-state index in [1.807, 2.05) is 12.1 Å². The lowest BCUT2D eigenvalue weighted by molar-refractivity contribution is -0.129. The van der Waals surface area contributed by atoms with Gasteiger partial charge in [-0.1, -0.05) is 25.1 Å². The van der Waals surface area contributed by atoms with Gasteiger partial charge in [0, 0.05) is 39.8 Å². The van der Waals surface area contributed by atoms with E-state index < -0.39 is 10.0 Å². The molecule has 1 aromatic rings. The van der Waals surface area contributed by atoms with Gasteiger partial charge < -0.3 is 9.47 Å². The molecule has 0 saturated carbocycles. The highest BCUT2D eigenvalue weighted by Gasteiger charge is 2.42. The lowest BCUT2D eigenvalue weighted by Crippen LogP contribution is -2.61. The average molecular weight is 354 g/mol. The minimum Gasteiger partial charge on any atom is -0.379 e. The van der Waals surface area contributed by atoms with Gasteiger partial charge >= 0.3 is 0 Å². The molecule has 0 bridgehead atoms. The molecule has 134 valence electrons. The minimum atomic E-state index is -3.47. The van der Waals surface area contributed by atoms with Crippen molar-refractivity contribution < 1.29 is 17.9 Å². The highest BCUT2D eigenvalue weighted by atomic mass is 32.2. The topological polar surface area (TPSA) is 59.1 Å². The molecular weight excluding hydrogens is 328 g/mol. The predicted molar refractivity (Wildman–Crippen MR) is 91.3 cm³/mol. The van der Waals surface area contributed by atoms with Crippen molar-refractivity contribution in [1.82, 2.24) is 9.21 Å². The molecule has 2 heterocycles. The van der Waals surface area contributed by atoms with Crippen LogP contribution in [-0.2, 0) is 26.0 Å². The number of methoxy groups -OCH3 is 1. The molecule has 2 aliphatic heterocycles. The molecule has 7 heteroatoms. The van der Waals surface area contributed by atoms with E-state index in [1.54, 1.807) is 19.2 Å². The van der Waals surface area contributed by atoms with Gasteiger partial charge in [0.15, 0.2) is 0 Å². The summed E-state index contributed by atoms with van der Waals surface area (Å²) in [5.41, 5.74) is 0.780. The Kier molecular flexibility index (Phi) is 5.27. The number of sulfonamides is 1. The smallest absolute Gasteiger partial charge is 0.243 e. The molecule has 0 radical (unpaired) electrons. The summed E-state index contributed by atoms with van der Waals surface area (Å²) in [4.78, 5) is 2.65. The van der Waals surface area contributed by atoms with Crippen molar-refractivity contribution in [3.05, 3.63) is 29.8 Å². The van der Waals surface area contributed by atoms with Gasteiger partial charge in [0.05, 0.1) is 23.7 Å². The number of nitrogens with zero attached hydrogens (tertiary/aromatic N) is 2. The standard InChI is InChI=1S/C17H26N2O4S/c1-3-17(22-2)13-18(14-17)12-15-6-4-5-7-16(15)24(20,21)19-8-10-23-11-9-19/h4-7H,3,8-14H2,1-2H3. The van der Waals surface area contributed by atoms with Crippen LogP contribution in [0.3, 0.4) is 0 Å². The van der Waals surface area contributed by atoms with Gasteiger partial charge in [-0.2, -0.15) is 4.31 Å². The van der Waals surface area contributed by atoms with Crippen molar-refractivity contribution in [2.24, 2.45) is 0 Å². The first-order valence-electron chi connectivity index (χ1n) is 8.44. The van der Waals surface area contributed by atoms with Gasteiger partial charge in [-0.05, 0) is 18.1 Å². The Morgan fingerprint density at radius 3 is 2.50 bits per heavy atom. The molecule has 6 nitrogen and oxygen atoms in total. The second kappa shape index (κ2) is 7.09. The van der Waals surface area contributed by atoms with Crippen molar-refractivity contribution in [2.75, 3.05) is 46.5 Å². The first kappa shape index (κ1) is 17.8. The molecule has 0 aromatic heterocycles. The number of likely N-dealkylation sites (tertiary alicyclic amines) is 1. The summed E-state index contributed by atoms with van der Waals surface area (Å²) in [7, 11) is -1.72. The fourth-order valence-corrected chi connectivity index (χ4v) is 5.05. The molecule has 24 heavy (non-hydrogen) atoms. The Balaban J connectivity index is 1.76. The van der Waals surface area contributed by atoms with Crippen LogP contribution in [0.1, 0.15) is 18.9 Å². The lowest BCUT2D eigenvalue weighted by atomic mass is 9.90. The van der Waals surface area contributed by atoms with Gasteiger partial charge in [0.2, 0.25) is 10.0 Å². The molecule has 0 spiro atoms. The number of ether oxygens (including phenoxy) is 2. The second-order valence-electron chi connectivity index (χ2n) is 6.51. The molecule has 0 amide bonds. The van der Waals surface area contributed by atoms with E-state index in [1.165, 1.54) is 4.31 Å². The van der Waals surface area contributed by atoms with Crippen LogP contribution < -0.4 is 0 Å². The van der Waals surface area contributed by atoms with E-state index in [9.17, 15) is 8.42 Å². The molecular formula is C17H26N2O4S. The van der Waals surface area contributed by atoms with Gasteiger partial charge in [-0.3, -0.25) is 4.90 Å². The fraction of sp³-hybridized carbons (Fsp3) is 0.647. The Hall–Kier alpha value is -0.990. The van der Waals surface area contributed by atoms with Crippen molar-refractivity contribution >= 4 is 10.0 Å². The Morgan fingerprint density at radius 2 is 1.88 bits per heavy atom. The maximum absolute atomic E-state index is 13.0. The largest absolute Gasteiger partial charge is 0.379 e. The first-order chi connectivity index (χ1) is 11.5. The first-order valence-corrected chi connectivity index (χ1v) is 9.88. The Labute approximate surface area is 144 Å². The summed E-state index contributed by atoms with van der Waals surface area (Å²) in [6.07, 6.45) is 0.966. The number of benzene rings is 1. The minimum absolute atomic E-state index is 0.0714. The Bertz CT molecular complexity index is 659. The van der Waals surface area contributed by atoms with Crippen molar-refractivity contribution in [3.63, 3.8) is 0 Å². The summed E-state index contributed by atoms with van der Waals surface area (Å²) in [6, 6.07) is 7.31. The molecule has 2 aliphatic rings. The molecule has 0 unspecified atom stereocenters. The lowest BCUT2D eigenvalue weighted by Gasteiger charge is -2.49. The molecule has 0 atom stereocenters. The van der Waals surface area contributed by atoms with Crippen LogP contribution in [0.15, 0.2) is 29.2 Å². The SMILES string of the molecule is CCC1(OC)CN(Cc2ccccc2S(=O)(=O)N2CCOCC2)C1. The van der Waals surface area contributed by atoms with E-state index in [0.29, 0.717) is 37.7 Å².